The van der Waals surface area contributed by atoms with Crippen molar-refractivity contribution in [1.29, 1.82) is 0 Å². The smallest absolute Gasteiger partial charge is 0.300 e. The molecule has 0 atom stereocenters. The molecule has 1 N–H and O–H groups in total. The molecule has 0 aliphatic heterocycles. The van der Waals surface area contributed by atoms with Crippen LogP contribution in [0.2, 0.25) is 0 Å². The number of carboxylic acid groups (broad SMARTS) is 1. The Morgan fingerprint density at radius 2 is 1.11 bits per heavy atom. The molecule has 0 amide bonds. The summed E-state index contributed by atoms with van der Waals surface area (Å²) in [7, 11) is 0. The molecule has 9 heavy (non-hydrogen) atoms. The molecule has 0 rings (SSSR count). The van der Waals surface area contributed by atoms with Gasteiger partial charge in [-0.1, -0.05) is 0 Å². The molecule has 0 aromatic carbocycles. The molecule has 55 valence electrons. The normalized spacial score (nSPS) is 5.67. The van der Waals surface area contributed by atoms with E-state index in [1.54, 1.807) is 0 Å². The summed E-state index contributed by atoms with van der Waals surface area (Å²) in [6.45, 7) is 4.14. The van der Waals surface area contributed by atoms with Gasteiger partial charge in [-0.25, -0.2) is 0 Å². The summed E-state index contributed by atoms with van der Waals surface area (Å²) in [6.07, 6.45) is 0. The molecule has 0 heterocycles. The first-order valence-electron chi connectivity index (χ1n) is 2.13. The number of hydrogen-bond donors (Lipinski definition) is 1. The van der Waals surface area contributed by atoms with E-state index in [1.165, 1.54) is 13.8 Å². The minimum Gasteiger partial charge on any atom is -0.481 e. The molecule has 0 saturated heterocycles. The maximum absolute atomic E-state index is 9.44. The molecule has 0 fully saturated rings. The fourth-order valence-corrected chi connectivity index (χ4v) is 0. The molecule has 0 aliphatic rings. The van der Waals surface area contributed by atoms with Gasteiger partial charge in [0.2, 0.25) is 0 Å². The van der Waals surface area contributed by atoms with Crippen molar-refractivity contribution in [3.05, 3.63) is 0 Å². The van der Waals surface area contributed by atoms with Crippen LogP contribution in [0.25, 0.3) is 0 Å². The van der Waals surface area contributed by atoms with E-state index in [-0.39, 0.29) is 22.9 Å². The minimum absolute atomic E-state index is 0. The van der Waals surface area contributed by atoms with Crippen LogP contribution in [-0.2, 0) is 26.7 Å². The standard InChI is InChI=1S/C3H6O.C2H4O2.Mn/c1-3(2)4;1-2(3)4;/h1-2H3;1H3,(H,3,4);. The number of ketones is 1. The van der Waals surface area contributed by atoms with Gasteiger partial charge in [-0.2, -0.15) is 0 Å². The van der Waals surface area contributed by atoms with Crippen LogP contribution < -0.4 is 0 Å². The summed E-state index contributed by atoms with van der Waals surface area (Å²) in [5.74, 6) is -0.667. The van der Waals surface area contributed by atoms with Crippen LogP contribution in [0.5, 0.6) is 0 Å². The number of aliphatic carboxylic acids is 1. The summed E-state index contributed by atoms with van der Waals surface area (Å²) < 4.78 is 0. The monoisotopic (exact) mass is 173 g/mol. The number of carbonyl (C=O) groups is 2. The molecule has 0 unspecified atom stereocenters. The molecular formula is C5H10MnO3. The van der Waals surface area contributed by atoms with Gasteiger partial charge in [-0.15, -0.1) is 0 Å². The van der Waals surface area contributed by atoms with Crippen LogP contribution in [0.1, 0.15) is 20.8 Å². The third-order valence-electron chi connectivity index (χ3n) is 0. The van der Waals surface area contributed by atoms with E-state index < -0.39 is 5.97 Å². The van der Waals surface area contributed by atoms with Crippen LogP contribution in [0.3, 0.4) is 0 Å². The largest absolute Gasteiger partial charge is 0.481 e. The second kappa shape index (κ2) is 10.6. The van der Waals surface area contributed by atoms with Crippen molar-refractivity contribution in [2.45, 2.75) is 20.8 Å². The first kappa shape index (κ1) is 15.9. The molecule has 0 bridgehead atoms. The third kappa shape index (κ3) is 2120. The first-order chi connectivity index (χ1) is 3.46. The second-order valence-corrected chi connectivity index (χ2v) is 1.43. The summed E-state index contributed by atoms with van der Waals surface area (Å²) in [4.78, 5) is 18.4. The summed E-state index contributed by atoms with van der Waals surface area (Å²) in [6, 6.07) is 0. The number of carboxylic acids is 1. The zero-order valence-electron chi connectivity index (χ0n) is 5.64. The van der Waals surface area contributed by atoms with Gasteiger partial charge in [0, 0.05) is 24.0 Å². The predicted molar refractivity (Wildman–Crippen MR) is 29.7 cm³/mol. The molecule has 0 spiro atoms. The van der Waals surface area contributed by atoms with E-state index in [0.29, 0.717) is 0 Å². The van der Waals surface area contributed by atoms with Crippen molar-refractivity contribution < 1.29 is 31.8 Å². The zero-order valence-corrected chi connectivity index (χ0v) is 6.82. The molecule has 0 aromatic rings. The average Bonchev–Trinajstić information content (AvgIpc) is 1.25. The third-order valence-corrected chi connectivity index (χ3v) is 0. The predicted octanol–water partition coefficient (Wildman–Crippen LogP) is 0.684. The minimum atomic E-state index is -0.833. The fraction of sp³-hybridized carbons (Fsp3) is 0.600. The van der Waals surface area contributed by atoms with Crippen LogP contribution in [-0.4, -0.2) is 16.9 Å². The van der Waals surface area contributed by atoms with Gasteiger partial charge in [0.15, 0.2) is 0 Å². The molecule has 0 aliphatic carbocycles. The Labute approximate surface area is 64.9 Å². The topological polar surface area (TPSA) is 54.4 Å². The zero-order chi connectivity index (χ0) is 7.15. The van der Waals surface area contributed by atoms with E-state index >= 15 is 0 Å². The molecule has 3 nitrogen and oxygen atoms in total. The average molecular weight is 173 g/mol. The van der Waals surface area contributed by atoms with Crippen molar-refractivity contribution in [3.63, 3.8) is 0 Å². The Balaban J connectivity index is -0.0000000720. The summed E-state index contributed by atoms with van der Waals surface area (Å²) >= 11 is 0. The molecule has 1 radical (unpaired) electrons. The van der Waals surface area contributed by atoms with Crippen molar-refractivity contribution >= 4 is 11.8 Å². The van der Waals surface area contributed by atoms with Gasteiger partial charge in [0.1, 0.15) is 5.78 Å². The second-order valence-electron chi connectivity index (χ2n) is 1.43. The molecule has 0 saturated carbocycles. The fourth-order valence-electron chi connectivity index (χ4n) is 0. The molecule has 0 aromatic heterocycles. The van der Waals surface area contributed by atoms with Crippen LogP contribution in [0.4, 0.5) is 0 Å². The van der Waals surface area contributed by atoms with Crippen LogP contribution in [0, 0.1) is 0 Å². The molecule has 4 heteroatoms. The first-order valence-corrected chi connectivity index (χ1v) is 2.13. The van der Waals surface area contributed by atoms with E-state index in [1.807, 2.05) is 0 Å². The van der Waals surface area contributed by atoms with Crippen molar-refractivity contribution in [2.24, 2.45) is 0 Å². The van der Waals surface area contributed by atoms with Crippen LogP contribution in [0.15, 0.2) is 0 Å². The Hall–Kier alpha value is -0.341. The molecular weight excluding hydrogens is 163 g/mol. The SMILES string of the molecule is CC(=O)O.CC(C)=O.[Mn]. The van der Waals surface area contributed by atoms with E-state index in [2.05, 4.69) is 0 Å². The quantitative estimate of drug-likeness (QED) is 0.548. The Morgan fingerprint density at radius 1 is 1.11 bits per heavy atom. The van der Waals surface area contributed by atoms with Gasteiger partial charge >= 0.3 is 0 Å². The maximum atomic E-state index is 9.44. The van der Waals surface area contributed by atoms with E-state index in [9.17, 15) is 4.79 Å². The van der Waals surface area contributed by atoms with Crippen molar-refractivity contribution in [3.8, 4) is 0 Å². The Morgan fingerprint density at radius 3 is 1.11 bits per heavy atom. The summed E-state index contributed by atoms with van der Waals surface area (Å²) in [5, 5.41) is 7.42. The number of rotatable bonds is 0. The van der Waals surface area contributed by atoms with Gasteiger partial charge < -0.3 is 9.90 Å². The Bertz CT molecular complexity index is 70.2. The Kier molecular flexibility index (Phi) is 18.7. The summed E-state index contributed by atoms with van der Waals surface area (Å²) in [5.41, 5.74) is 0. The van der Waals surface area contributed by atoms with E-state index in [0.717, 1.165) is 6.92 Å². The maximum Gasteiger partial charge on any atom is 0.300 e. The number of Topliss-reactive ketones (excluding diaryl/α,β-unsaturated/α-hetero) is 1. The van der Waals surface area contributed by atoms with Crippen molar-refractivity contribution in [1.82, 2.24) is 0 Å². The van der Waals surface area contributed by atoms with Crippen LogP contribution >= 0.6 is 0 Å². The van der Waals surface area contributed by atoms with Gasteiger partial charge in [0.25, 0.3) is 5.97 Å². The number of hydrogen-bond acceptors (Lipinski definition) is 2. The van der Waals surface area contributed by atoms with Gasteiger partial charge in [0.05, 0.1) is 0 Å². The van der Waals surface area contributed by atoms with Crippen molar-refractivity contribution in [2.75, 3.05) is 0 Å². The van der Waals surface area contributed by atoms with E-state index in [4.69, 9.17) is 9.90 Å². The number of carbonyl (C=O) groups excluding carboxylic acids is 1. The van der Waals surface area contributed by atoms with Gasteiger partial charge in [-0.05, 0) is 13.8 Å². The van der Waals surface area contributed by atoms with Gasteiger partial charge in [-0.3, -0.25) is 4.79 Å².